The van der Waals surface area contributed by atoms with Gasteiger partial charge in [-0.3, -0.25) is 0 Å². The van der Waals surface area contributed by atoms with Gasteiger partial charge in [-0.15, -0.1) is 0 Å². The van der Waals surface area contributed by atoms with Crippen LogP contribution in [0.5, 0.6) is 0 Å². The Hall–Kier alpha value is -1.16. The van der Waals surface area contributed by atoms with Crippen LogP contribution in [0.2, 0.25) is 0 Å². The molecule has 0 radical (unpaired) electrons. The highest BCUT2D eigenvalue weighted by Crippen LogP contribution is 2.51. The van der Waals surface area contributed by atoms with Gasteiger partial charge in [0.2, 0.25) is 5.95 Å². The fraction of sp³-hybridized carbons (Fsp3) is 0.667. The van der Waals surface area contributed by atoms with Crippen molar-refractivity contribution in [1.82, 2.24) is 9.97 Å². The van der Waals surface area contributed by atoms with E-state index < -0.39 is 0 Å². The molecule has 3 atom stereocenters. The molecule has 1 saturated heterocycles. The molecule has 2 fully saturated rings. The van der Waals surface area contributed by atoms with Crippen molar-refractivity contribution in [2.75, 3.05) is 18.0 Å². The zero-order valence-corrected chi connectivity index (χ0v) is 9.72. The molecule has 4 nitrogen and oxygen atoms in total. The largest absolute Gasteiger partial charge is 0.392 e. The number of fused-ring (bicyclic) bond motifs is 1. The first kappa shape index (κ1) is 10.0. The van der Waals surface area contributed by atoms with Crippen LogP contribution in [0.4, 0.5) is 5.95 Å². The molecule has 1 unspecified atom stereocenters. The van der Waals surface area contributed by atoms with Crippen LogP contribution in [0, 0.1) is 24.7 Å². The number of aliphatic hydroxyl groups excluding tert-OH is 1. The van der Waals surface area contributed by atoms with Crippen molar-refractivity contribution in [3.8, 4) is 0 Å². The molecule has 0 spiro atoms. The van der Waals surface area contributed by atoms with Crippen LogP contribution >= 0.6 is 0 Å². The van der Waals surface area contributed by atoms with Gasteiger partial charge in [-0.2, -0.15) is 0 Å². The minimum Gasteiger partial charge on any atom is -0.392 e. The van der Waals surface area contributed by atoms with Crippen LogP contribution in [0.1, 0.15) is 18.2 Å². The van der Waals surface area contributed by atoms with E-state index in [4.69, 9.17) is 5.11 Å². The smallest absolute Gasteiger partial charge is 0.225 e. The standard InChI is InChI=1S/C12H17N3O/c1-7-10-4-15(5-11(7)10)12-13-3-9(6-16)8(2)14-12/h3,7,10-11,16H,4-6H2,1-2H3/t7?,10-,11+. The maximum Gasteiger partial charge on any atom is 0.225 e. The van der Waals surface area contributed by atoms with Gasteiger partial charge in [0.15, 0.2) is 0 Å². The Morgan fingerprint density at radius 1 is 1.44 bits per heavy atom. The molecule has 86 valence electrons. The van der Waals surface area contributed by atoms with E-state index >= 15 is 0 Å². The molecule has 1 aromatic heterocycles. The van der Waals surface area contributed by atoms with E-state index in [1.54, 1.807) is 6.20 Å². The summed E-state index contributed by atoms with van der Waals surface area (Å²) in [4.78, 5) is 11.1. The number of piperidine rings is 1. The molecule has 2 heterocycles. The Morgan fingerprint density at radius 3 is 2.69 bits per heavy atom. The van der Waals surface area contributed by atoms with Crippen molar-refractivity contribution in [1.29, 1.82) is 0 Å². The Balaban J connectivity index is 1.78. The second kappa shape index (κ2) is 3.42. The number of hydrogen-bond donors (Lipinski definition) is 1. The molecular formula is C12H17N3O. The highest BCUT2D eigenvalue weighted by atomic mass is 16.3. The summed E-state index contributed by atoms with van der Waals surface area (Å²) in [5, 5.41) is 9.06. The molecule has 16 heavy (non-hydrogen) atoms. The van der Waals surface area contributed by atoms with E-state index in [1.165, 1.54) is 0 Å². The van der Waals surface area contributed by atoms with E-state index in [2.05, 4.69) is 21.8 Å². The lowest BCUT2D eigenvalue weighted by Gasteiger charge is -2.19. The number of nitrogens with zero attached hydrogens (tertiary/aromatic N) is 3. The summed E-state index contributed by atoms with van der Waals surface area (Å²) in [7, 11) is 0. The second-order valence-corrected chi connectivity index (χ2v) is 5.03. The third kappa shape index (κ3) is 1.40. The van der Waals surface area contributed by atoms with Crippen molar-refractivity contribution in [2.45, 2.75) is 20.5 Å². The summed E-state index contributed by atoms with van der Waals surface area (Å²) in [6.07, 6.45) is 1.74. The Bertz CT molecular complexity index is 409. The topological polar surface area (TPSA) is 49.2 Å². The monoisotopic (exact) mass is 219 g/mol. The van der Waals surface area contributed by atoms with Crippen LogP contribution in [-0.2, 0) is 6.61 Å². The summed E-state index contributed by atoms with van der Waals surface area (Å²) in [5.41, 5.74) is 1.71. The SMILES string of the molecule is Cc1nc(N2C[C@@H]3C(C)[C@@H]3C2)ncc1CO. The first-order valence-electron chi connectivity index (χ1n) is 5.89. The summed E-state index contributed by atoms with van der Waals surface area (Å²) < 4.78 is 0. The normalized spacial score (nSPS) is 31.7. The lowest BCUT2D eigenvalue weighted by Crippen LogP contribution is -2.25. The van der Waals surface area contributed by atoms with Gasteiger partial charge in [0.1, 0.15) is 0 Å². The molecule has 1 N–H and O–H groups in total. The molecule has 1 aromatic rings. The zero-order valence-electron chi connectivity index (χ0n) is 9.72. The van der Waals surface area contributed by atoms with Crippen LogP contribution in [0.15, 0.2) is 6.20 Å². The third-order valence-corrected chi connectivity index (χ3v) is 4.14. The van der Waals surface area contributed by atoms with Gasteiger partial charge in [0.05, 0.1) is 6.61 Å². The number of aryl methyl sites for hydroxylation is 1. The highest BCUT2D eigenvalue weighted by molar-refractivity contribution is 5.37. The van der Waals surface area contributed by atoms with Crippen molar-refractivity contribution >= 4 is 5.95 Å². The van der Waals surface area contributed by atoms with E-state index in [-0.39, 0.29) is 6.61 Å². The summed E-state index contributed by atoms with van der Waals surface area (Å²) in [5.74, 6) is 3.45. The van der Waals surface area contributed by atoms with E-state index in [0.29, 0.717) is 0 Å². The highest BCUT2D eigenvalue weighted by Gasteiger charge is 2.53. The maximum atomic E-state index is 9.06. The van der Waals surface area contributed by atoms with E-state index in [1.807, 2.05) is 6.92 Å². The maximum absolute atomic E-state index is 9.06. The minimum atomic E-state index is 0.0222. The van der Waals surface area contributed by atoms with Crippen molar-refractivity contribution in [3.05, 3.63) is 17.5 Å². The summed E-state index contributed by atoms with van der Waals surface area (Å²) >= 11 is 0. The molecule has 4 heteroatoms. The molecule has 2 aliphatic rings. The number of aromatic nitrogens is 2. The first-order valence-corrected chi connectivity index (χ1v) is 5.89. The number of rotatable bonds is 2. The number of anilines is 1. The predicted molar refractivity (Wildman–Crippen MR) is 61.0 cm³/mol. The molecule has 1 aliphatic heterocycles. The van der Waals surface area contributed by atoms with Crippen molar-refractivity contribution < 1.29 is 5.11 Å². The average Bonchev–Trinajstić information content (AvgIpc) is 2.75. The van der Waals surface area contributed by atoms with Gasteiger partial charge in [0.25, 0.3) is 0 Å². The lowest BCUT2D eigenvalue weighted by molar-refractivity contribution is 0.280. The lowest BCUT2D eigenvalue weighted by atomic mass is 10.2. The fourth-order valence-corrected chi connectivity index (χ4v) is 2.77. The van der Waals surface area contributed by atoms with Gasteiger partial charge >= 0.3 is 0 Å². The van der Waals surface area contributed by atoms with Gasteiger partial charge in [-0.05, 0) is 24.7 Å². The van der Waals surface area contributed by atoms with Gasteiger partial charge in [0, 0.05) is 30.5 Å². The van der Waals surface area contributed by atoms with E-state index in [9.17, 15) is 0 Å². The quantitative estimate of drug-likeness (QED) is 0.805. The van der Waals surface area contributed by atoms with Crippen LogP contribution in [0.3, 0.4) is 0 Å². The number of aliphatic hydroxyl groups is 1. The first-order chi connectivity index (χ1) is 7.70. The Labute approximate surface area is 95.3 Å². The van der Waals surface area contributed by atoms with Crippen molar-refractivity contribution in [3.63, 3.8) is 0 Å². The zero-order chi connectivity index (χ0) is 11.3. The van der Waals surface area contributed by atoms with Crippen LogP contribution in [0.25, 0.3) is 0 Å². The van der Waals surface area contributed by atoms with Crippen molar-refractivity contribution in [2.24, 2.45) is 17.8 Å². The van der Waals surface area contributed by atoms with Gasteiger partial charge in [-0.1, -0.05) is 6.92 Å². The predicted octanol–water partition coefficient (Wildman–Crippen LogP) is 0.979. The van der Waals surface area contributed by atoms with Gasteiger partial charge < -0.3 is 10.0 Å². The van der Waals surface area contributed by atoms with Gasteiger partial charge in [-0.25, -0.2) is 9.97 Å². The second-order valence-electron chi connectivity index (χ2n) is 5.03. The Morgan fingerprint density at radius 2 is 2.12 bits per heavy atom. The fourth-order valence-electron chi connectivity index (χ4n) is 2.77. The number of hydrogen-bond acceptors (Lipinski definition) is 4. The molecule has 3 rings (SSSR count). The molecule has 1 saturated carbocycles. The molecule has 0 amide bonds. The molecule has 1 aliphatic carbocycles. The van der Waals surface area contributed by atoms with E-state index in [0.717, 1.165) is 48.0 Å². The molecular weight excluding hydrogens is 202 g/mol. The third-order valence-electron chi connectivity index (χ3n) is 4.14. The Kier molecular flexibility index (Phi) is 2.14. The average molecular weight is 219 g/mol. The molecule has 0 aromatic carbocycles. The molecule has 0 bridgehead atoms. The van der Waals surface area contributed by atoms with Crippen LogP contribution < -0.4 is 4.90 Å². The summed E-state index contributed by atoms with van der Waals surface area (Å²) in [6, 6.07) is 0. The summed E-state index contributed by atoms with van der Waals surface area (Å²) in [6.45, 7) is 6.48. The minimum absolute atomic E-state index is 0.0222. The van der Waals surface area contributed by atoms with Crippen LogP contribution in [-0.4, -0.2) is 28.2 Å².